The van der Waals surface area contributed by atoms with E-state index in [1.807, 2.05) is 4.90 Å². The smallest absolute Gasteiger partial charge is 0.253 e. The van der Waals surface area contributed by atoms with Crippen LogP contribution in [0.15, 0.2) is 24.3 Å². The van der Waals surface area contributed by atoms with Gasteiger partial charge in [0.05, 0.1) is 0 Å². The summed E-state index contributed by atoms with van der Waals surface area (Å²) >= 11 is 0. The zero-order valence-electron chi connectivity index (χ0n) is 11.2. The Labute approximate surface area is 113 Å². The normalized spacial score (nSPS) is 16.2. The summed E-state index contributed by atoms with van der Waals surface area (Å²) in [6.07, 6.45) is 2.85. The van der Waals surface area contributed by atoms with Crippen molar-refractivity contribution in [2.24, 2.45) is 5.92 Å². The first-order valence-corrected chi connectivity index (χ1v) is 6.66. The first kappa shape index (κ1) is 13.6. The number of likely N-dealkylation sites (tertiary alicyclic amines) is 1. The van der Waals surface area contributed by atoms with Crippen molar-refractivity contribution < 1.29 is 14.3 Å². The summed E-state index contributed by atoms with van der Waals surface area (Å²) in [7, 11) is 0. The molecule has 1 heterocycles. The molecule has 1 aromatic rings. The number of hydrogen-bond donors (Lipinski definition) is 0. The maximum absolute atomic E-state index is 12.3. The highest BCUT2D eigenvalue weighted by molar-refractivity contribution is 5.94. The van der Waals surface area contributed by atoms with E-state index >= 15 is 0 Å². The Morgan fingerprint density at radius 1 is 1.32 bits per heavy atom. The number of benzene rings is 1. The van der Waals surface area contributed by atoms with Crippen molar-refractivity contribution in [3.05, 3.63) is 29.8 Å². The maximum atomic E-state index is 12.3. The molecule has 19 heavy (non-hydrogen) atoms. The van der Waals surface area contributed by atoms with Crippen LogP contribution in [0.5, 0.6) is 5.75 Å². The summed E-state index contributed by atoms with van der Waals surface area (Å²) in [4.78, 5) is 24.4. The van der Waals surface area contributed by atoms with E-state index < -0.39 is 0 Å². The van der Waals surface area contributed by atoms with Gasteiger partial charge in [-0.3, -0.25) is 9.59 Å². The summed E-state index contributed by atoms with van der Waals surface area (Å²) in [6, 6.07) is 6.95. The largest absolute Gasteiger partial charge is 0.486 e. The van der Waals surface area contributed by atoms with E-state index in [4.69, 9.17) is 4.74 Å². The number of carbonyl (C=O) groups excluding carboxylic acids is 2. The van der Waals surface area contributed by atoms with Gasteiger partial charge in [0.2, 0.25) is 0 Å². The molecule has 4 nitrogen and oxygen atoms in total. The third-order valence-corrected chi connectivity index (χ3v) is 3.49. The van der Waals surface area contributed by atoms with Crippen LogP contribution in [-0.2, 0) is 4.79 Å². The predicted octanol–water partition coefficient (Wildman–Crippen LogP) is 2.14. The van der Waals surface area contributed by atoms with Gasteiger partial charge in [0.25, 0.3) is 5.91 Å². The molecule has 0 radical (unpaired) electrons. The average Bonchev–Trinajstić information content (AvgIpc) is 2.46. The zero-order chi connectivity index (χ0) is 13.7. The highest BCUT2D eigenvalue weighted by Gasteiger charge is 2.21. The molecule has 1 fully saturated rings. The molecule has 1 aliphatic heterocycles. The van der Waals surface area contributed by atoms with Gasteiger partial charge in [-0.15, -0.1) is 0 Å². The van der Waals surface area contributed by atoms with Crippen molar-refractivity contribution in [2.75, 3.05) is 19.7 Å². The lowest BCUT2D eigenvalue weighted by molar-refractivity contribution is -0.109. The van der Waals surface area contributed by atoms with E-state index in [1.54, 1.807) is 24.3 Å². The SMILES string of the molecule is CC1CCN(C(=O)c2ccc(OCC=O)cc2)CC1. The van der Waals surface area contributed by atoms with Gasteiger partial charge in [-0.2, -0.15) is 0 Å². The second kappa shape index (κ2) is 6.36. The molecule has 1 saturated heterocycles. The Morgan fingerprint density at radius 3 is 2.53 bits per heavy atom. The van der Waals surface area contributed by atoms with Gasteiger partial charge in [0, 0.05) is 18.7 Å². The molecule has 1 aromatic carbocycles. The summed E-state index contributed by atoms with van der Waals surface area (Å²) < 4.78 is 5.16. The fourth-order valence-corrected chi connectivity index (χ4v) is 2.22. The fraction of sp³-hybridized carbons (Fsp3) is 0.467. The Balaban J connectivity index is 1.97. The molecule has 2 rings (SSSR count). The van der Waals surface area contributed by atoms with Crippen LogP contribution in [0.25, 0.3) is 0 Å². The van der Waals surface area contributed by atoms with Gasteiger partial charge in [-0.25, -0.2) is 0 Å². The van der Waals surface area contributed by atoms with Crippen LogP contribution in [0.1, 0.15) is 30.1 Å². The summed E-state index contributed by atoms with van der Waals surface area (Å²) in [6.45, 7) is 3.94. The van der Waals surface area contributed by atoms with Gasteiger partial charge >= 0.3 is 0 Å². The minimum Gasteiger partial charge on any atom is -0.486 e. The topological polar surface area (TPSA) is 46.6 Å². The molecule has 1 aliphatic rings. The number of carbonyl (C=O) groups is 2. The number of piperidine rings is 1. The lowest BCUT2D eigenvalue weighted by atomic mass is 9.98. The van der Waals surface area contributed by atoms with E-state index in [1.165, 1.54) is 0 Å². The Kier molecular flexibility index (Phi) is 4.55. The maximum Gasteiger partial charge on any atom is 0.253 e. The summed E-state index contributed by atoms with van der Waals surface area (Å²) in [5.74, 6) is 1.40. The van der Waals surface area contributed by atoms with Crippen molar-refractivity contribution >= 4 is 12.2 Å². The second-order valence-corrected chi connectivity index (χ2v) is 4.98. The quantitative estimate of drug-likeness (QED) is 0.780. The van der Waals surface area contributed by atoms with Gasteiger partial charge in [0.15, 0.2) is 6.29 Å². The number of rotatable bonds is 4. The lowest BCUT2D eigenvalue weighted by Gasteiger charge is -2.30. The van der Waals surface area contributed by atoms with Crippen LogP contribution in [0.2, 0.25) is 0 Å². The number of ether oxygens (including phenoxy) is 1. The van der Waals surface area contributed by atoms with Crippen LogP contribution in [0, 0.1) is 5.92 Å². The highest BCUT2D eigenvalue weighted by Crippen LogP contribution is 2.19. The Hall–Kier alpha value is -1.84. The van der Waals surface area contributed by atoms with Crippen LogP contribution in [0.3, 0.4) is 0 Å². The van der Waals surface area contributed by atoms with E-state index in [0.717, 1.165) is 25.9 Å². The molecule has 1 amide bonds. The minimum absolute atomic E-state index is 0.0390. The molecule has 0 bridgehead atoms. The predicted molar refractivity (Wildman–Crippen MR) is 72.3 cm³/mol. The first-order valence-electron chi connectivity index (χ1n) is 6.66. The van der Waals surface area contributed by atoms with Crippen LogP contribution < -0.4 is 4.74 Å². The van der Waals surface area contributed by atoms with E-state index in [2.05, 4.69) is 6.92 Å². The van der Waals surface area contributed by atoms with Crippen molar-refractivity contribution in [1.29, 1.82) is 0 Å². The number of aldehydes is 1. The average molecular weight is 261 g/mol. The Bertz CT molecular complexity index is 433. The van der Waals surface area contributed by atoms with Crippen molar-refractivity contribution in [3.8, 4) is 5.75 Å². The van der Waals surface area contributed by atoms with Crippen molar-refractivity contribution in [1.82, 2.24) is 4.90 Å². The lowest BCUT2D eigenvalue weighted by Crippen LogP contribution is -2.37. The first-order chi connectivity index (χ1) is 9.20. The number of hydrogen-bond acceptors (Lipinski definition) is 3. The minimum atomic E-state index is 0.0390. The summed E-state index contributed by atoms with van der Waals surface area (Å²) in [5, 5.41) is 0. The van der Waals surface area contributed by atoms with Gasteiger partial charge in [-0.05, 0) is 43.0 Å². The number of amides is 1. The highest BCUT2D eigenvalue weighted by atomic mass is 16.5. The molecule has 0 aliphatic carbocycles. The van der Waals surface area contributed by atoms with Gasteiger partial charge in [-0.1, -0.05) is 6.92 Å². The molecule has 4 heteroatoms. The van der Waals surface area contributed by atoms with E-state index in [-0.39, 0.29) is 12.5 Å². The molecular formula is C15H19NO3. The van der Waals surface area contributed by atoms with Crippen LogP contribution in [-0.4, -0.2) is 36.8 Å². The Morgan fingerprint density at radius 2 is 1.95 bits per heavy atom. The van der Waals surface area contributed by atoms with Crippen molar-refractivity contribution in [2.45, 2.75) is 19.8 Å². The summed E-state index contributed by atoms with van der Waals surface area (Å²) in [5.41, 5.74) is 0.674. The standard InChI is InChI=1S/C15H19NO3/c1-12-6-8-16(9-7-12)15(18)13-2-4-14(5-3-13)19-11-10-17/h2-5,10,12H,6-9,11H2,1H3. The molecule has 0 saturated carbocycles. The monoisotopic (exact) mass is 261 g/mol. The molecule has 0 atom stereocenters. The fourth-order valence-electron chi connectivity index (χ4n) is 2.22. The third kappa shape index (κ3) is 3.56. The zero-order valence-corrected chi connectivity index (χ0v) is 11.2. The second-order valence-electron chi connectivity index (χ2n) is 4.98. The van der Waals surface area contributed by atoms with E-state index in [9.17, 15) is 9.59 Å². The molecule has 0 aromatic heterocycles. The van der Waals surface area contributed by atoms with Crippen LogP contribution in [0.4, 0.5) is 0 Å². The molecule has 0 N–H and O–H groups in total. The number of nitrogens with zero attached hydrogens (tertiary/aromatic N) is 1. The molecule has 0 unspecified atom stereocenters. The third-order valence-electron chi connectivity index (χ3n) is 3.49. The van der Waals surface area contributed by atoms with Gasteiger partial charge in [0.1, 0.15) is 12.4 Å². The molecule has 0 spiro atoms. The molecular weight excluding hydrogens is 242 g/mol. The van der Waals surface area contributed by atoms with E-state index in [0.29, 0.717) is 23.5 Å². The molecule has 102 valence electrons. The van der Waals surface area contributed by atoms with Crippen LogP contribution >= 0.6 is 0 Å². The van der Waals surface area contributed by atoms with Gasteiger partial charge < -0.3 is 9.64 Å². The van der Waals surface area contributed by atoms with Crippen molar-refractivity contribution in [3.63, 3.8) is 0 Å².